The van der Waals surface area contributed by atoms with Gasteiger partial charge in [-0.1, -0.05) is 6.08 Å². The molecule has 0 fully saturated rings. The molecule has 5 nitrogen and oxygen atoms in total. The monoisotopic (exact) mass is 211 g/mol. The van der Waals surface area contributed by atoms with E-state index in [1.165, 1.54) is 32.1 Å². The summed E-state index contributed by atoms with van der Waals surface area (Å²) in [5, 5.41) is 18.2. The highest BCUT2D eigenvalue weighted by molar-refractivity contribution is 5.90. The minimum absolute atomic E-state index is 0.263. The minimum Gasteiger partial charge on any atom is -0.481 e. The van der Waals surface area contributed by atoms with Gasteiger partial charge in [-0.3, -0.25) is 9.59 Å². The molecular formula is C10H13NO4. The van der Waals surface area contributed by atoms with Crippen molar-refractivity contribution in [3.05, 3.63) is 23.9 Å². The number of hydrogen-bond acceptors (Lipinski definition) is 3. The summed E-state index contributed by atoms with van der Waals surface area (Å²) in [6.07, 6.45) is 4.00. The average molecular weight is 211 g/mol. The lowest BCUT2D eigenvalue weighted by molar-refractivity contribution is -0.163. The Morgan fingerprint density at radius 1 is 1.20 bits per heavy atom. The summed E-state index contributed by atoms with van der Waals surface area (Å²) in [5.74, 6) is -2.40. The van der Waals surface area contributed by atoms with E-state index in [0.29, 0.717) is 0 Å². The highest BCUT2D eigenvalue weighted by Crippen LogP contribution is 2.45. The van der Waals surface area contributed by atoms with Crippen LogP contribution < -0.4 is 5.73 Å². The van der Waals surface area contributed by atoms with Gasteiger partial charge in [0.1, 0.15) is 10.8 Å². The largest absolute Gasteiger partial charge is 0.481 e. The summed E-state index contributed by atoms with van der Waals surface area (Å²) in [5.41, 5.74) is 2.74. The third kappa shape index (κ3) is 1.40. The molecule has 82 valence electrons. The van der Waals surface area contributed by atoms with Crippen LogP contribution in [0.3, 0.4) is 0 Å². The molecule has 2 atom stereocenters. The molecule has 0 aliphatic heterocycles. The van der Waals surface area contributed by atoms with Crippen LogP contribution in [0, 0.1) is 10.8 Å². The van der Waals surface area contributed by atoms with Crippen LogP contribution in [0.15, 0.2) is 23.9 Å². The molecule has 1 aliphatic rings. The van der Waals surface area contributed by atoms with Crippen molar-refractivity contribution in [1.29, 1.82) is 0 Å². The maximum Gasteiger partial charge on any atom is 0.314 e. The number of allylic oxidation sites excluding steroid dienone is 1. The molecule has 5 heteroatoms. The van der Waals surface area contributed by atoms with Gasteiger partial charge in [-0.15, -0.1) is 0 Å². The molecule has 15 heavy (non-hydrogen) atoms. The second-order valence-electron chi connectivity index (χ2n) is 3.99. The first kappa shape index (κ1) is 11.3. The van der Waals surface area contributed by atoms with Crippen LogP contribution in [0.25, 0.3) is 0 Å². The molecule has 0 amide bonds. The predicted octanol–water partition coefficient (Wildman–Crippen LogP) is 0.581. The first-order chi connectivity index (χ1) is 6.74. The van der Waals surface area contributed by atoms with Gasteiger partial charge in [0.2, 0.25) is 0 Å². The third-order valence-electron chi connectivity index (χ3n) is 3.03. The summed E-state index contributed by atoms with van der Waals surface area (Å²) >= 11 is 0. The van der Waals surface area contributed by atoms with E-state index in [4.69, 9.17) is 15.9 Å². The van der Waals surface area contributed by atoms with Crippen molar-refractivity contribution in [2.45, 2.75) is 13.8 Å². The molecule has 1 rings (SSSR count). The lowest BCUT2D eigenvalue weighted by atomic mass is 9.63. The molecule has 0 heterocycles. The predicted molar refractivity (Wildman–Crippen MR) is 52.9 cm³/mol. The summed E-state index contributed by atoms with van der Waals surface area (Å²) in [6, 6.07) is 0. The van der Waals surface area contributed by atoms with Crippen molar-refractivity contribution in [1.82, 2.24) is 0 Å². The number of aliphatic carboxylic acids is 2. The molecular weight excluding hydrogens is 198 g/mol. The zero-order valence-corrected chi connectivity index (χ0v) is 8.52. The zero-order chi connectivity index (χ0) is 11.9. The fourth-order valence-corrected chi connectivity index (χ4v) is 1.54. The van der Waals surface area contributed by atoms with Crippen LogP contribution in [-0.2, 0) is 9.59 Å². The van der Waals surface area contributed by atoms with Crippen LogP contribution >= 0.6 is 0 Å². The molecule has 0 saturated carbocycles. The van der Waals surface area contributed by atoms with Gasteiger partial charge in [0.25, 0.3) is 0 Å². The van der Waals surface area contributed by atoms with Crippen molar-refractivity contribution in [3.63, 3.8) is 0 Å². The smallest absolute Gasteiger partial charge is 0.314 e. The van der Waals surface area contributed by atoms with E-state index in [-0.39, 0.29) is 5.70 Å². The van der Waals surface area contributed by atoms with Crippen molar-refractivity contribution in [2.75, 3.05) is 0 Å². The van der Waals surface area contributed by atoms with E-state index in [9.17, 15) is 9.59 Å². The molecule has 0 radical (unpaired) electrons. The first-order valence-electron chi connectivity index (χ1n) is 4.38. The van der Waals surface area contributed by atoms with E-state index < -0.39 is 22.8 Å². The Labute approximate surface area is 86.9 Å². The molecule has 0 saturated heterocycles. The van der Waals surface area contributed by atoms with Crippen LogP contribution in [-0.4, -0.2) is 22.2 Å². The first-order valence-corrected chi connectivity index (χ1v) is 4.38. The van der Waals surface area contributed by atoms with E-state index in [1.807, 2.05) is 0 Å². The van der Waals surface area contributed by atoms with Crippen molar-refractivity contribution in [2.24, 2.45) is 16.6 Å². The molecule has 0 bridgehead atoms. The third-order valence-corrected chi connectivity index (χ3v) is 3.03. The van der Waals surface area contributed by atoms with Crippen LogP contribution in [0.1, 0.15) is 13.8 Å². The van der Waals surface area contributed by atoms with Gasteiger partial charge in [-0.05, 0) is 26.0 Å². The summed E-state index contributed by atoms with van der Waals surface area (Å²) in [4.78, 5) is 22.3. The van der Waals surface area contributed by atoms with Gasteiger partial charge in [0.05, 0.1) is 0 Å². The quantitative estimate of drug-likeness (QED) is 0.620. The van der Waals surface area contributed by atoms with Crippen LogP contribution in [0.4, 0.5) is 0 Å². The van der Waals surface area contributed by atoms with Gasteiger partial charge in [-0.25, -0.2) is 0 Å². The lowest BCUT2D eigenvalue weighted by Crippen LogP contribution is -2.48. The molecule has 0 aromatic heterocycles. The molecule has 0 aromatic rings. The van der Waals surface area contributed by atoms with Crippen LogP contribution in [0.5, 0.6) is 0 Å². The van der Waals surface area contributed by atoms with Crippen molar-refractivity contribution >= 4 is 11.9 Å². The highest BCUT2D eigenvalue weighted by Gasteiger charge is 2.54. The number of nitrogens with two attached hydrogens (primary N) is 1. The fourth-order valence-electron chi connectivity index (χ4n) is 1.54. The van der Waals surface area contributed by atoms with E-state index in [2.05, 4.69) is 0 Å². The maximum atomic E-state index is 11.1. The van der Waals surface area contributed by atoms with E-state index >= 15 is 0 Å². The maximum absolute atomic E-state index is 11.1. The SMILES string of the molecule is C[C@@]1(C(=O)O)C=CC(N)=C[C@@]1(C)C(=O)O. The van der Waals surface area contributed by atoms with Gasteiger partial charge in [0.15, 0.2) is 0 Å². The molecule has 4 N–H and O–H groups in total. The van der Waals surface area contributed by atoms with Gasteiger partial charge >= 0.3 is 11.9 Å². The Morgan fingerprint density at radius 2 is 1.67 bits per heavy atom. The molecule has 0 aromatic carbocycles. The number of rotatable bonds is 2. The zero-order valence-electron chi connectivity index (χ0n) is 8.52. The standard InChI is InChI=1S/C10H13NO4/c1-9(7(12)13)4-3-6(11)5-10(9,2)8(14)15/h3-5H,11H2,1-2H3,(H,12,13)(H,14,15)/t9-,10-/m0/s1. The minimum atomic E-state index is -1.53. The number of carbonyl (C=O) groups is 2. The van der Waals surface area contributed by atoms with Gasteiger partial charge < -0.3 is 15.9 Å². The summed E-state index contributed by atoms with van der Waals surface area (Å²) in [7, 11) is 0. The fraction of sp³-hybridized carbons (Fsp3) is 0.400. The average Bonchev–Trinajstić information content (AvgIpc) is 2.11. The molecule has 0 unspecified atom stereocenters. The van der Waals surface area contributed by atoms with Crippen molar-refractivity contribution in [3.8, 4) is 0 Å². The second-order valence-corrected chi connectivity index (χ2v) is 3.99. The number of carboxylic acids is 2. The topological polar surface area (TPSA) is 101 Å². The Bertz CT molecular complexity index is 385. The highest BCUT2D eigenvalue weighted by atomic mass is 16.4. The van der Waals surface area contributed by atoms with Gasteiger partial charge in [-0.2, -0.15) is 0 Å². The van der Waals surface area contributed by atoms with Crippen LogP contribution in [0.2, 0.25) is 0 Å². The Kier molecular flexibility index (Phi) is 2.35. The molecule has 1 aliphatic carbocycles. The summed E-state index contributed by atoms with van der Waals surface area (Å²) in [6.45, 7) is 2.71. The number of hydrogen-bond donors (Lipinski definition) is 3. The van der Waals surface area contributed by atoms with E-state index in [0.717, 1.165) is 0 Å². The lowest BCUT2D eigenvalue weighted by Gasteiger charge is -2.38. The van der Waals surface area contributed by atoms with Crippen molar-refractivity contribution < 1.29 is 19.8 Å². The molecule has 0 spiro atoms. The Hall–Kier alpha value is -1.78. The van der Waals surface area contributed by atoms with Gasteiger partial charge in [0, 0.05) is 5.70 Å². The normalized spacial score (nSPS) is 34.7. The number of carboxylic acid groups (broad SMARTS) is 2. The Balaban J connectivity index is 3.38. The summed E-state index contributed by atoms with van der Waals surface area (Å²) < 4.78 is 0. The second kappa shape index (κ2) is 3.12. The van der Waals surface area contributed by atoms with E-state index in [1.54, 1.807) is 0 Å². The Morgan fingerprint density at radius 3 is 2.07 bits per heavy atom.